The average molecular weight is 219 g/mol. The third-order valence-electron chi connectivity index (χ3n) is 3.45. The molecule has 0 spiro atoms. The smallest absolute Gasteiger partial charge is 0.0807 e. The summed E-state index contributed by atoms with van der Waals surface area (Å²) in [4.78, 5) is 2.40. The lowest BCUT2D eigenvalue weighted by Gasteiger charge is -2.23. The van der Waals surface area contributed by atoms with Crippen LogP contribution in [0.15, 0.2) is 24.3 Å². The van der Waals surface area contributed by atoms with Crippen LogP contribution in [0.1, 0.15) is 38.4 Å². The highest BCUT2D eigenvalue weighted by Crippen LogP contribution is 2.31. The van der Waals surface area contributed by atoms with Crippen LogP contribution >= 0.6 is 0 Å². The normalized spacial score (nSPS) is 22.4. The van der Waals surface area contributed by atoms with Gasteiger partial charge in [-0.1, -0.05) is 32.0 Å². The fourth-order valence-corrected chi connectivity index (χ4v) is 2.43. The second kappa shape index (κ2) is 4.88. The highest BCUT2D eigenvalue weighted by Gasteiger charge is 2.22. The summed E-state index contributed by atoms with van der Waals surface area (Å²) in [7, 11) is 0. The molecule has 0 aromatic heterocycles. The van der Waals surface area contributed by atoms with E-state index in [0.717, 1.165) is 31.0 Å². The zero-order valence-electron chi connectivity index (χ0n) is 10.2. The summed E-state index contributed by atoms with van der Waals surface area (Å²) in [6, 6.07) is 8.25. The van der Waals surface area contributed by atoms with Crippen molar-refractivity contribution < 1.29 is 5.11 Å². The molecule has 1 aromatic carbocycles. The molecule has 0 saturated carbocycles. The lowest BCUT2D eigenvalue weighted by atomic mass is 10.0. The van der Waals surface area contributed by atoms with E-state index >= 15 is 0 Å². The van der Waals surface area contributed by atoms with E-state index in [2.05, 4.69) is 24.0 Å². The van der Waals surface area contributed by atoms with Gasteiger partial charge in [-0.25, -0.2) is 0 Å². The average Bonchev–Trinajstić information content (AvgIpc) is 2.75. The van der Waals surface area contributed by atoms with Crippen LogP contribution in [0.25, 0.3) is 0 Å². The Morgan fingerprint density at radius 2 is 2.19 bits per heavy atom. The first kappa shape index (κ1) is 11.5. The molecule has 0 aliphatic carbocycles. The molecule has 1 heterocycles. The van der Waals surface area contributed by atoms with Crippen molar-refractivity contribution >= 4 is 5.69 Å². The molecule has 88 valence electrons. The molecule has 0 radical (unpaired) electrons. The van der Waals surface area contributed by atoms with Gasteiger partial charge in [0.15, 0.2) is 0 Å². The second-order valence-corrected chi connectivity index (χ2v) is 4.82. The molecule has 1 fully saturated rings. The van der Waals surface area contributed by atoms with Crippen molar-refractivity contribution in [2.75, 3.05) is 18.0 Å². The number of benzene rings is 1. The summed E-state index contributed by atoms with van der Waals surface area (Å²) < 4.78 is 0. The summed E-state index contributed by atoms with van der Waals surface area (Å²) in [5, 5.41) is 10.0. The predicted molar refractivity (Wildman–Crippen MR) is 67.7 cm³/mol. The van der Waals surface area contributed by atoms with Gasteiger partial charge in [0.1, 0.15) is 0 Å². The van der Waals surface area contributed by atoms with Gasteiger partial charge in [0, 0.05) is 24.3 Å². The van der Waals surface area contributed by atoms with E-state index in [4.69, 9.17) is 0 Å². The Kier molecular flexibility index (Phi) is 3.49. The van der Waals surface area contributed by atoms with Crippen molar-refractivity contribution in [2.45, 2.75) is 32.8 Å². The van der Waals surface area contributed by atoms with Gasteiger partial charge in [-0.05, 0) is 24.8 Å². The van der Waals surface area contributed by atoms with Gasteiger partial charge in [0.25, 0.3) is 0 Å². The first-order chi connectivity index (χ1) is 7.72. The van der Waals surface area contributed by atoms with Crippen LogP contribution in [0, 0.1) is 5.92 Å². The van der Waals surface area contributed by atoms with Crippen LogP contribution in [0.5, 0.6) is 0 Å². The maximum Gasteiger partial charge on any atom is 0.0807 e. The van der Waals surface area contributed by atoms with Crippen LogP contribution < -0.4 is 4.90 Å². The third kappa shape index (κ3) is 2.22. The monoisotopic (exact) mass is 219 g/mol. The zero-order chi connectivity index (χ0) is 11.5. The number of para-hydroxylation sites is 1. The molecule has 1 aromatic rings. The molecule has 2 nitrogen and oxygen atoms in total. The van der Waals surface area contributed by atoms with Gasteiger partial charge in [0.05, 0.1) is 6.10 Å². The topological polar surface area (TPSA) is 23.5 Å². The molecule has 2 atom stereocenters. The molecular weight excluding hydrogens is 198 g/mol. The van der Waals surface area contributed by atoms with Crippen molar-refractivity contribution in [3.63, 3.8) is 0 Å². The zero-order valence-corrected chi connectivity index (χ0v) is 10.2. The minimum Gasteiger partial charge on any atom is -0.388 e. The second-order valence-electron chi connectivity index (χ2n) is 4.82. The molecule has 2 unspecified atom stereocenters. The molecule has 1 saturated heterocycles. The van der Waals surface area contributed by atoms with Gasteiger partial charge >= 0.3 is 0 Å². The van der Waals surface area contributed by atoms with Crippen LogP contribution in [0.2, 0.25) is 0 Å². The van der Waals surface area contributed by atoms with E-state index in [9.17, 15) is 5.11 Å². The van der Waals surface area contributed by atoms with Gasteiger partial charge in [-0.2, -0.15) is 0 Å². The lowest BCUT2D eigenvalue weighted by molar-refractivity contribution is 0.174. The predicted octanol–water partition coefficient (Wildman–Crippen LogP) is 2.98. The third-order valence-corrected chi connectivity index (χ3v) is 3.45. The molecule has 2 heteroatoms. The molecule has 0 amide bonds. The van der Waals surface area contributed by atoms with Crippen LogP contribution in [0.3, 0.4) is 0 Å². The number of aliphatic hydroxyl groups excluding tert-OH is 1. The Morgan fingerprint density at radius 3 is 2.81 bits per heavy atom. The number of anilines is 1. The van der Waals surface area contributed by atoms with Gasteiger partial charge in [-0.15, -0.1) is 0 Å². The Balaban J connectivity index is 2.26. The minimum atomic E-state index is -0.327. The van der Waals surface area contributed by atoms with E-state index in [1.54, 1.807) is 0 Å². The number of hydrogen-bond donors (Lipinski definition) is 1. The summed E-state index contributed by atoms with van der Waals surface area (Å²) in [6.07, 6.45) is 1.71. The SMILES string of the molecule is CCC(O)c1ccccc1N1CCC(C)C1. The van der Waals surface area contributed by atoms with Crippen LogP contribution in [0.4, 0.5) is 5.69 Å². The first-order valence-electron chi connectivity index (χ1n) is 6.24. The number of hydrogen-bond acceptors (Lipinski definition) is 2. The maximum absolute atomic E-state index is 10.0. The van der Waals surface area contributed by atoms with E-state index < -0.39 is 0 Å². The fourth-order valence-electron chi connectivity index (χ4n) is 2.43. The standard InChI is InChI=1S/C14H21NO/c1-3-14(16)12-6-4-5-7-13(12)15-9-8-11(2)10-15/h4-7,11,14,16H,3,8-10H2,1-2H3. The van der Waals surface area contributed by atoms with Crippen LogP contribution in [-0.2, 0) is 0 Å². The molecular formula is C14H21NO. The number of aliphatic hydroxyl groups is 1. The Hall–Kier alpha value is -1.02. The van der Waals surface area contributed by atoms with Crippen molar-refractivity contribution in [2.24, 2.45) is 5.92 Å². The highest BCUT2D eigenvalue weighted by atomic mass is 16.3. The quantitative estimate of drug-likeness (QED) is 0.844. The van der Waals surface area contributed by atoms with E-state index in [1.807, 2.05) is 19.1 Å². The largest absolute Gasteiger partial charge is 0.388 e. The number of nitrogens with zero attached hydrogens (tertiary/aromatic N) is 1. The van der Waals surface area contributed by atoms with Gasteiger partial charge < -0.3 is 10.0 Å². The van der Waals surface area contributed by atoms with Crippen molar-refractivity contribution in [1.29, 1.82) is 0 Å². The molecule has 1 N–H and O–H groups in total. The molecule has 2 rings (SSSR count). The molecule has 1 aliphatic rings. The summed E-state index contributed by atoms with van der Waals surface area (Å²) in [5.74, 6) is 0.770. The van der Waals surface area contributed by atoms with Crippen LogP contribution in [-0.4, -0.2) is 18.2 Å². The highest BCUT2D eigenvalue weighted by molar-refractivity contribution is 5.55. The Labute approximate surface area is 97.9 Å². The number of rotatable bonds is 3. The van der Waals surface area contributed by atoms with E-state index in [1.165, 1.54) is 12.1 Å². The van der Waals surface area contributed by atoms with Crippen molar-refractivity contribution in [1.82, 2.24) is 0 Å². The van der Waals surface area contributed by atoms with Crippen molar-refractivity contribution in [3.05, 3.63) is 29.8 Å². The summed E-state index contributed by atoms with van der Waals surface area (Å²) in [5.41, 5.74) is 2.31. The fraction of sp³-hybridized carbons (Fsp3) is 0.571. The molecule has 0 bridgehead atoms. The van der Waals surface area contributed by atoms with Crippen molar-refractivity contribution in [3.8, 4) is 0 Å². The maximum atomic E-state index is 10.0. The van der Waals surface area contributed by atoms with E-state index in [-0.39, 0.29) is 6.10 Å². The van der Waals surface area contributed by atoms with Gasteiger partial charge in [0.2, 0.25) is 0 Å². The first-order valence-corrected chi connectivity index (χ1v) is 6.24. The Morgan fingerprint density at radius 1 is 1.44 bits per heavy atom. The molecule has 16 heavy (non-hydrogen) atoms. The molecule has 1 aliphatic heterocycles. The van der Waals surface area contributed by atoms with E-state index in [0.29, 0.717) is 0 Å². The summed E-state index contributed by atoms with van der Waals surface area (Å²) in [6.45, 7) is 6.55. The Bertz CT molecular complexity index is 350. The minimum absolute atomic E-state index is 0.327. The summed E-state index contributed by atoms with van der Waals surface area (Å²) >= 11 is 0. The van der Waals surface area contributed by atoms with Gasteiger partial charge in [-0.3, -0.25) is 0 Å². The lowest BCUT2D eigenvalue weighted by Crippen LogP contribution is -2.21.